The van der Waals surface area contributed by atoms with Crippen molar-refractivity contribution in [3.63, 3.8) is 0 Å². The molecule has 2 heterocycles. The zero-order valence-corrected chi connectivity index (χ0v) is 18.0. The van der Waals surface area contributed by atoms with Crippen molar-refractivity contribution in [1.29, 1.82) is 0 Å². The second-order valence-electron chi connectivity index (χ2n) is 6.77. The molecule has 31 heavy (non-hydrogen) atoms. The van der Waals surface area contributed by atoms with Crippen LogP contribution >= 0.6 is 11.3 Å². The molecule has 0 aliphatic rings. The summed E-state index contributed by atoms with van der Waals surface area (Å²) in [5.41, 5.74) is 3.22. The second kappa shape index (κ2) is 8.65. The average molecular weight is 441 g/mol. The molecule has 0 saturated heterocycles. The van der Waals surface area contributed by atoms with Gasteiger partial charge in [-0.05, 0) is 43.3 Å². The lowest BCUT2D eigenvalue weighted by molar-refractivity contribution is 0.252. The number of nitrogens with zero attached hydrogens (tertiary/aromatic N) is 2. The van der Waals surface area contributed by atoms with E-state index in [0.717, 1.165) is 26.8 Å². The lowest BCUT2D eigenvalue weighted by atomic mass is 10.2. The number of aryl methyl sites for hydroxylation is 1. The van der Waals surface area contributed by atoms with Crippen LogP contribution in [0.1, 0.15) is 10.6 Å². The Labute approximate surface area is 182 Å². The van der Waals surface area contributed by atoms with Gasteiger partial charge in [0.2, 0.25) is 0 Å². The van der Waals surface area contributed by atoms with Crippen LogP contribution in [0.25, 0.3) is 16.2 Å². The number of benzene rings is 2. The molecule has 4 rings (SSSR count). The van der Waals surface area contributed by atoms with Gasteiger partial charge in [0.15, 0.2) is 16.5 Å². The van der Waals surface area contributed by atoms with E-state index in [1.807, 2.05) is 17.5 Å². The van der Waals surface area contributed by atoms with Crippen LogP contribution in [0.3, 0.4) is 0 Å². The molecule has 0 spiro atoms. The molecule has 2 aromatic carbocycles. The fourth-order valence-corrected chi connectivity index (χ4v) is 4.21. The Morgan fingerprint density at radius 1 is 1.13 bits per heavy atom. The van der Waals surface area contributed by atoms with Crippen molar-refractivity contribution >= 4 is 28.0 Å². The van der Waals surface area contributed by atoms with E-state index in [0.29, 0.717) is 23.7 Å². The number of rotatable bonds is 6. The number of anilines is 1. The van der Waals surface area contributed by atoms with Crippen molar-refractivity contribution in [3.05, 3.63) is 65.0 Å². The number of ether oxygens (including phenoxy) is 2. The molecule has 0 fully saturated rings. The van der Waals surface area contributed by atoms with Crippen molar-refractivity contribution < 1.29 is 18.7 Å². The Hall–Kier alpha value is -3.59. The van der Waals surface area contributed by atoms with Gasteiger partial charge in [-0.1, -0.05) is 11.3 Å². The number of methoxy groups -OCH3 is 2. The Kier molecular flexibility index (Phi) is 5.77. The number of thiazole rings is 1. The lowest BCUT2D eigenvalue weighted by Gasteiger charge is -2.11. The number of fused-ring (bicyclic) bond motifs is 1. The first-order chi connectivity index (χ1) is 15.0. The fourth-order valence-electron chi connectivity index (χ4n) is 3.17. The zero-order chi connectivity index (χ0) is 22.0. The number of halogens is 1. The van der Waals surface area contributed by atoms with Crippen LogP contribution in [0.2, 0.25) is 0 Å². The Bertz CT molecular complexity index is 1230. The summed E-state index contributed by atoms with van der Waals surface area (Å²) in [4.78, 5) is 18.8. The summed E-state index contributed by atoms with van der Waals surface area (Å²) >= 11 is 1.50. The number of nitrogens with one attached hydrogen (secondary N) is 2. The standard InChI is InChI=1S/C22H21FN4O3S/c1-13-20(11-24-21(28)25-16-8-9-18(29-2)19(10-16)30-3)31-22-26-17(12-27(13)22)14-4-6-15(23)7-5-14/h4-10,12H,11H2,1-3H3,(H2,24,25,28). The first-order valence-corrected chi connectivity index (χ1v) is 10.3. The minimum Gasteiger partial charge on any atom is -0.493 e. The molecule has 0 bridgehead atoms. The highest BCUT2D eigenvalue weighted by atomic mass is 32.1. The molecule has 9 heteroatoms. The molecule has 2 amide bonds. The maximum absolute atomic E-state index is 13.1. The maximum Gasteiger partial charge on any atom is 0.319 e. The third-order valence-electron chi connectivity index (χ3n) is 4.84. The number of amides is 2. The molecular formula is C22H21FN4O3S. The number of aromatic nitrogens is 2. The smallest absolute Gasteiger partial charge is 0.319 e. The summed E-state index contributed by atoms with van der Waals surface area (Å²) < 4.78 is 25.6. The van der Waals surface area contributed by atoms with Gasteiger partial charge in [0.25, 0.3) is 0 Å². The number of hydrogen-bond acceptors (Lipinski definition) is 5. The van der Waals surface area contributed by atoms with Gasteiger partial charge in [-0.25, -0.2) is 14.2 Å². The van der Waals surface area contributed by atoms with Gasteiger partial charge in [-0.2, -0.15) is 0 Å². The maximum atomic E-state index is 13.1. The average Bonchev–Trinajstić information content (AvgIpc) is 3.32. The number of carbonyl (C=O) groups excluding carboxylic acids is 1. The fraction of sp³-hybridized carbons (Fsp3) is 0.182. The van der Waals surface area contributed by atoms with Crippen molar-refractivity contribution in [3.8, 4) is 22.8 Å². The van der Waals surface area contributed by atoms with E-state index in [2.05, 4.69) is 15.6 Å². The lowest BCUT2D eigenvalue weighted by Crippen LogP contribution is -2.28. The molecule has 0 unspecified atom stereocenters. The SMILES string of the molecule is COc1ccc(NC(=O)NCc2sc3nc(-c4ccc(F)cc4)cn3c2C)cc1OC. The van der Waals surface area contributed by atoms with E-state index in [1.54, 1.807) is 44.6 Å². The predicted octanol–water partition coefficient (Wildman–Crippen LogP) is 4.85. The van der Waals surface area contributed by atoms with Gasteiger partial charge in [0, 0.05) is 34.1 Å². The van der Waals surface area contributed by atoms with Crippen LogP contribution < -0.4 is 20.1 Å². The number of carbonyl (C=O) groups is 1. The van der Waals surface area contributed by atoms with Crippen LogP contribution in [-0.2, 0) is 6.54 Å². The first kappa shape index (κ1) is 20.7. The third-order valence-corrected chi connectivity index (χ3v) is 6.00. The molecule has 7 nitrogen and oxygen atoms in total. The van der Waals surface area contributed by atoms with Gasteiger partial charge < -0.3 is 20.1 Å². The van der Waals surface area contributed by atoms with Crippen LogP contribution in [0.5, 0.6) is 11.5 Å². The Balaban J connectivity index is 1.43. The Morgan fingerprint density at radius 3 is 2.55 bits per heavy atom. The highest BCUT2D eigenvalue weighted by molar-refractivity contribution is 7.17. The van der Waals surface area contributed by atoms with E-state index >= 15 is 0 Å². The van der Waals surface area contributed by atoms with Crippen molar-refractivity contribution in [1.82, 2.24) is 14.7 Å². The molecular weight excluding hydrogens is 419 g/mol. The summed E-state index contributed by atoms with van der Waals surface area (Å²) in [5, 5.41) is 5.65. The summed E-state index contributed by atoms with van der Waals surface area (Å²) in [7, 11) is 3.10. The van der Waals surface area contributed by atoms with Gasteiger partial charge in [0.05, 0.1) is 26.5 Å². The molecule has 0 aliphatic heterocycles. The summed E-state index contributed by atoms with van der Waals surface area (Å²) in [6, 6.07) is 11.1. The van der Waals surface area contributed by atoms with E-state index < -0.39 is 0 Å². The Morgan fingerprint density at radius 2 is 1.87 bits per heavy atom. The predicted molar refractivity (Wildman–Crippen MR) is 119 cm³/mol. The minimum atomic E-state index is -0.329. The topological polar surface area (TPSA) is 76.9 Å². The zero-order valence-electron chi connectivity index (χ0n) is 17.2. The molecule has 0 radical (unpaired) electrons. The van der Waals surface area contributed by atoms with Crippen LogP contribution in [0, 0.1) is 12.7 Å². The van der Waals surface area contributed by atoms with Crippen LogP contribution in [-0.4, -0.2) is 29.6 Å². The minimum absolute atomic E-state index is 0.277. The van der Waals surface area contributed by atoms with Gasteiger partial charge in [0.1, 0.15) is 5.82 Å². The third kappa shape index (κ3) is 4.31. The summed E-state index contributed by atoms with van der Waals surface area (Å²) in [6.45, 7) is 2.34. The molecule has 0 aliphatic carbocycles. The van der Waals surface area contributed by atoms with Crippen LogP contribution in [0.15, 0.2) is 48.7 Å². The van der Waals surface area contributed by atoms with E-state index in [-0.39, 0.29) is 11.8 Å². The normalized spacial score (nSPS) is 10.8. The molecule has 0 saturated carbocycles. The van der Waals surface area contributed by atoms with E-state index in [4.69, 9.17) is 9.47 Å². The largest absolute Gasteiger partial charge is 0.493 e. The monoisotopic (exact) mass is 440 g/mol. The van der Waals surface area contributed by atoms with Crippen LogP contribution in [0.4, 0.5) is 14.9 Å². The van der Waals surface area contributed by atoms with Crippen molar-refractivity contribution in [2.24, 2.45) is 0 Å². The van der Waals surface area contributed by atoms with Gasteiger partial charge in [-0.3, -0.25) is 4.40 Å². The second-order valence-corrected chi connectivity index (χ2v) is 7.84. The summed E-state index contributed by atoms with van der Waals surface area (Å²) in [5.74, 6) is 0.847. The molecule has 0 atom stereocenters. The van der Waals surface area contributed by atoms with Gasteiger partial charge >= 0.3 is 6.03 Å². The van der Waals surface area contributed by atoms with E-state index in [9.17, 15) is 9.18 Å². The number of hydrogen-bond donors (Lipinski definition) is 2. The quantitative estimate of drug-likeness (QED) is 0.449. The molecule has 160 valence electrons. The molecule has 4 aromatic rings. The van der Waals surface area contributed by atoms with E-state index in [1.165, 1.54) is 23.5 Å². The van der Waals surface area contributed by atoms with Gasteiger partial charge in [-0.15, -0.1) is 0 Å². The number of urea groups is 1. The molecule has 2 aromatic heterocycles. The highest BCUT2D eigenvalue weighted by Gasteiger charge is 2.14. The van der Waals surface area contributed by atoms with Crippen molar-refractivity contribution in [2.45, 2.75) is 13.5 Å². The first-order valence-electron chi connectivity index (χ1n) is 9.48. The highest BCUT2D eigenvalue weighted by Crippen LogP contribution is 2.30. The molecule has 2 N–H and O–H groups in total. The summed E-state index contributed by atoms with van der Waals surface area (Å²) in [6.07, 6.45) is 1.92. The number of imidazole rings is 1. The van der Waals surface area contributed by atoms with Crippen molar-refractivity contribution in [2.75, 3.05) is 19.5 Å².